The first-order valence-electron chi connectivity index (χ1n) is 13.6. The van der Waals surface area contributed by atoms with Crippen LogP contribution in [0.4, 0.5) is 0 Å². The summed E-state index contributed by atoms with van der Waals surface area (Å²) in [5.74, 6) is 0.785. The van der Waals surface area contributed by atoms with Crippen molar-refractivity contribution in [3.8, 4) is 12.1 Å². The highest BCUT2D eigenvalue weighted by molar-refractivity contribution is 6.04. The number of nitrogens with zero attached hydrogens (tertiary/aromatic N) is 2. The summed E-state index contributed by atoms with van der Waals surface area (Å²) >= 11 is 0. The molecular formula is C32H42N2O. The Morgan fingerprint density at radius 3 is 2.26 bits per heavy atom. The fourth-order valence-corrected chi connectivity index (χ4v) is 10.0. The zero-order valence-corrected chi connectivity index (χ0v) is 22.8. The van der Waals surface area contributed by atoms with Gasteiger partial charge in [0.2, 0.25) is 0 Å². The van der Waals surface area contributed by atoms with E-state index in [1.165, 1.54) is 11.1 Å². The van der Waals surface area contributed by atoms with Crippen LogP contribution < -0.4 is 0 Å². The molecule has 0 aliphatic heterocycles. The van der Waals surface area contributed by atoms with Crippen molar-refractivity contribution in [1.29, 1.82) is 10.5 Å². The molecule has 3 fully saturated rings. The van der Waals surface area contributed by atoms with Crippen LogP contribution >= 0.6 is 0 Å². The number of hydrogen-bond acceptors (Lipinski definition) is 3. The Balaban J connectivity index is 1.70. The summed E-state index contributed by atoms with van der Waals surface area (Å²) < 4.78 is 0. The van der Waals surface area contributed by atoms with E-state index in [0.717, 1.165) is 44.9 Å². The SMILES string of the molecule is C=C1C=C2[C@@]3(C)C=C(C#N)C(=O)C(C)(C)[C@@H]3CC[C@@]2(C)[C@]2(C)CC[C@@]3(C#N)CCC(C)(C)CC3C12. The number of carbonyl (C=O) groups excluding carboxylic acids is 1. The van der Waals surface area contributed by atoms with E-state index in [1.807, 2.05) is 19.9 Å². The van der Waals surface area contributed by atoms with E-state index in [-0.39, 0.29) is 38.8 Å². The molecule has 5 aliphatic rings. The van der Waals surface area contributed by atoms with Crippen LogP contribution in [-0.4, -0.2) is 5.78 Å². The summed E-state index contributed by atoms with van der Waals surface area (Å²) in [6.45, 7) is 20.7. The molecule has 35 heavy (non-hydrogen) atoms. The van der Waals surface area contributed by atoms with Gasteiger partial charge < -0.3 is 0 Å². The van der Waals surface area contributed by atoms with Crippen molar-refractivity contribution in [3.63, 3.8) is 0 Å². The minimum atomic E-state index is -0.564. The molecule has 3 nitrogen and oxygen atoms in total. The lowest BCUT2D eigenvalue weighted by molar-refractivity contribution is -0.140. The van der Waals surface area contributed by atoms with Crippen molar-refractivity contribution in [2.45, 2.75) is 93.4 Å². The first-order valence-corrected chi connectivity index (χ1v) is 13.6. The Bertz CT molecular complexity index is 1170. The summed E-state index contributed by atoms with van der Waals surface area (Å²) in [5, 5.41) is 20.3. The van der Waals surface area contributed by atoms with E-state index < -0.39 is 5.41 Å². The molecule has 3 saturated carbocycles. The molecule has 0 N–H and O–H groups in total. The van der Waals surface area contributed by atoms with E-state index in [2.05, 4.69) is 52.8 Å². The van der Waals surface area contributed by atoms with E-state index in [9.17, 15) is 15.3 Å². The maximum atomic E-state index is 13.2. The zero-order chi connectivity index (χ0) is 25.8. The molecule has 5 rings (SSSR count). The fraction of sp³-hybridized carbons (Fsp3) is 0.719. The predicted molar refractivity (Wildman–Crippen MR) is 139 cm³/mol. The van der Waals surface area contributed by atoms with Crippen LogP contribution in [0, 0.1) is 72.9 Å². The van der Waals surface area contributed by atoms with Crippen molar-refractivity contribution in [2.75, 3.05) is 0 Å². The average molecular weight is 471 g/mol. The van der Waals surface area contributed by atoms with Crippen LogP contribution in [0.3, 0.4) is 0 Å². The van der Waals surface area contributed by atoms with Gasteiger partial charge in [-0.2, -0.15) is 10.5 Å². The van der Waals surface area contributed by atoms with E-state index >= 15 is 0 Å². The highest BCUT2D eigenvalue weighted by Gasteiger charge is 2.68. The summed E-state index contributed by atoms with van der Waals surface area (Å²) in [4.78, 5) is 13.2. The van der Waals surface area contributed by atoms with Gasteiger partial charge in [0.05, 0.1) is 17.1 Å². The van der Waals surface area contributed by atoms with Gasteiger partial charge in [-0.15, -0.1) is 0 Å². The van der Waals surface area contributed by atoms with Crippen molar-refractivity contribution >= 4 is 5.78 Å². The number of rotatable bonds is 0. The number of Topliss-reactive ketones (excluding diaryl/α,β-unsaturated/α-hetero) is 1. The Morgan fingerprint density at radius 1 is 0.971 bits per heavy atom. The van der Waals surface area contributed by atoms with Crippen LogP contribution in [0.1, 0.15) is 93.4 Å². The number of nitriles is 2. The lowest BCUT2D eigenvalue weighted by atomic mass is 9.34. The molecule has 0 amide bonds. The second-order valence-corrected chi connectivity index (χ2v) is 14.7. The molecule has 0 aromatic heterocycles. The monoisotopic (exact) mass is 470 g/mol. The molecular weight excluding hydrogens is 428 g/mol. The lowest BCUT2D eigenvalue weighted by Gasteiger charge is -2.69. The molecule has 2 unspecified atom stereocenters. The largest absolute Gasteiger partial charge is 0.293 e. The van der Waals surface area contributed by atoms with Gasteiger partial charge in [0.25, 0.3) is 0 Å². The Labute approximate surface area is 212 Å². The summed E-state index contributed by atoms with van der Waals surface area (Å²) in [7, 11) is 0. The highest BCUT2D eigenvalue weighted by atomic mass is 16.1. The summed E-state index contributed by atoms with van der Waals surface area (Å²) in [5.41, 5.74) is 1.91. The summed E-state index contributed by atoms with van der Waals surface area (Å²) in [6.07, 6.45) is 11.6. The molecule has 0 radical (unpaired) electrons. The molecule has 186 valence electrons. The van der Waals surface area contributed by atoms with E-state index in [1.54, 1.807) is 0 Å². The topological polar surface area (TPSA) is 64.7 Å². The Hall–Kier alpha value is -2.13. The first-order chi connectivity index (χ1) is 16.1. The number of fused-ring (bicyclic) bond motifs is 7. The maximum absolute atomic E-state index is 13.2. The van der Waals surface area contributed by atoms with Crippen molar-refractivity contribution in [1.82, 2.24) is 0 Å². The number of allylic oxidation sites excluding steroid dienone is 5. The molecule has 0 bridgehead atoms. The normalized spacial score (nSPS) is 47.5. The zero-order valence-electron chi connectivity index (χ0n) is 22.8. The van der Waals surface area contributed by atoms with Gasteiger partial charge in [-0.05, 0) is 78.9 Å². The van der Waals surface area contributed by atoms with E-state index in [0.29, 0.717) is 17.4 Å². The first kappa shape index (κ1) is 24.6. The Kier molecular flexibility index (Phi) is 4.91. The second-order valence-electron chi connectivity index (χ2n) is 14.7. The molecule has 0 aromatic carbocycles. The van der Waals surface area contributed by atoms with Crippen LogP contribution in [0.2, 0.25) is 0 Å². The van der Waals surface area contributed by atoms with E-state index in [4.69, 9.17) is 6.58 Å². The average Bonchev–Trinajstić information content (AvgIpc) is 2.77. The third-order valence-electron chi connectivity index (χ3n) is 12.2. The van der Waals surface area contributed by atoms with Crippen molar-refractivity contribution in [2.24, 2.45) is 50.2 Å². The summed E-state index contributed by atoms with van der Waals surface area (Å²) in [6, 6.07) is 5.09. The van der Waals surface area contributed by atoms with Gasteiger partial charge in [-0.1, -0.05) is 78.3 Å². The molecule has 3 heteroatoms. The third-order valence-corrected chi connectivity index (χ3v) is 12.2. The number of ketones is 1. The van der Waals surface area contributed by atoms with Gasteiger partial charge in [-0.3, -0.25) is 4.79 Å². The van der Waals surface area contributed by atoms with Crippen LogP contribution in [0.25, 0.3) is 0 Å². The predicted octanol–water partition coefficient (Wildman–Crippen LogP) is 7.72. The van der Waals surface area contributed by atoms with Gasteiger partial charge in [-0.25, -0.2) is 0 Å². The molecule has 5 aliphatic carbocycles. The van der Waals surface area contributed by atoms with Crippen molar-refractivity contribution < 1.29 is 4.79 Å². The fourth-order valence-electron chi connectivity index (χ4n) is 10.0. The minimum Gasteiger partial charge on any atom is -0.293 e. The van der Waals surface area contributed by atoms with Gasteiger partial charge in [0.15, 0.2) is 5.78 Å². The lowest BCUT2D eigenvalue weighted by Crippen LogP contribution is -2.63. The molecule has 7 atom stereocenters. The maximum Gasteiger partial charge on any atom is 0.178 e. The van der Waals surface area contributed by atoms with Crippen LogP contribution in [0.15, 0.2) is 35.5 Å². The molecule has 0 spiro atoms. The number of hydrogen-bond donors (Lipinski definition) is 0. The second kappa shape index (κ2) is 7.00. The highest BCUT2D eigenvalue weighted by Crippen LogP contribution is 2.75. The van der Waals surface area contributed by atoms with Gasteiger partial charge in [0.1, 0.15) is 6.07 Å². The number of carbonyl (C=O) groups is 1. The molecule has 0 heterocycles. The van der Waals surface area contributed by atoms with Crippen molar-refractivity contribution in [3.05, 3.63) is 35.5 Å². The minimum absolute atomic E-state index is 0.00677. The standard InChI is InChI=1S/C32H42N2O/c1-20-15-24-29(6)16-21(18-33)26(35)28(4,5)23(29)9-10-30(24,7)31(8)12-14-32(19-34)13-11-27(2,3)17-22(32)25(20)31/h15-16,22-23,25H,1,9-14,17H2,2-8H3/t22?,23-,25?,29-,30+,31+,32+/m0/s1. The van der Waals surface area contributed by atoms with Gasteiger partial charge in [0, 0.05) is 10.8 Å². The quantitative estimate of drug-likeness (QED) is 0.364. The third kappa shape index (κ3) is 2.85. The Morgan fingerprint density at radius 2 is 1.63 bits per heavy atom. The van der Waals surface area contributed by atoms with Crippen LogP contribution in [-0.2, 0) is 4.79 Å². The van der Waals surface area contributed by atoms with Gasteiger partial charge >= 0.3 is 0 Å². The molecule has 0 aromatic rings. The molecule has 0 saturated heterocycles. The van der Waals surface area contributed by atoms with Crippen LogP contribution in [0.5, 0.6) is 0 Å². The smallest absolute Gasteiger partial charge is 0.178 e.